The van der Waals surface area contributed by atoms with E-state index in [1.165, 1.54) is 0 Å². The van der Waals surface area contributed by atoms with Gasteiger partial charge in [0.05, 0.1) is 5.69 Å². The number of carbonyl (C=O) groups excluding carboxylic acids is 2. The molecule has 2 aliphatic rings. The summed E-state index contributed by atoms with van der Waals surface area (Å²) in [6, 6.07) is 9.48. The lowest BCUT2D eigenvalue weighted by atomic mass is 9.98. The first-order valence-corrected chi connectivity index (χ1v) is 10.2. The van der Waals surface area contributed by atoms with Crippen molar-refractivity contribution in [3.05, 3.63) is 40.7 Å². The molecule has 2 fully saturated rings. The molecule has 0 aliphatic carbocycles. The molecule has 1 aromatic heterocycles. The molecule has 27 heavy (non-hydrogen) atoms. The Morgan fingerprint density at radius 3 is 2.81 bits per heavy atom. The fourth-order valence-electron chi connectivity index (χ4n) is 3.78. The van der Waals surface area contributed by atoms with Crippen molar-refractivity contribution in [3.63, 3.8) is 0 Å². The number of piperazine rings is 1. The molecule has 0 radical (unpaired) electrons. The lowest BCUT2D eigenvalue weighted by Gasteiger charge is -2.36. The summed E-state index contributed by atoms with van der Waals surface area (Å²) in [5.41, 5.74) is 2.09. The first-order valence-electron chi connectivity index (χ1n) is 9.37. The maximum absolute atomic E-state index is 12.6. The summed E-state index contributed by atoms with van der Waals surface area (Å²) in [6.07, 6.45) is 0.652. The van der Waals surface area contributed by atoms with Gasteiger partial charge in [-0.15, -0.1) is 11.3 Å². The Hall–Kier alpha value is -2.25. The van der Waals surface area contributed by atoms with E-state index >= 15 is 0 Å². The average Bonchev–Trinajstić information content (AvgIpc) is 3.31. The molecule has 1 aromatic carbocycles. The monoisotopic (exact) mass is 384 g/mol. The number of rotatable bonds is 5. The van der Waals surface area contributed by atoms with Gasteiger partial charge < -0.3 is 15.5 Å². The Kier molecular flexibility index (Phi) is 4.97. The Labute approximate surface area is 163 Å². The lowest BCUT2D eigenvalue weighted by molar-refractivity contribution is -0.148. The number of nitrogens with one attached hydrogen (secondary N) is 2. The third-order valence-corrected chi connectivity index (χ3v) is 6.13. The molecule has 7 heteroatoms. The number of thiazole rings is 1. The van der Waals surface area contributed by atoms with E-state index in [1.54, 1.807) is 16.2 Å². The summed E-state index contributed by atoms with van der Waals surface area (Å²) in [6.45, 7) is 5.15. The molecule has 2 aromatic rings. The highest BCUT2D eigenvalue weighted by atomic mass is 32.1. The molecule has 0 bridgehead atoms. The van der Waals surface area contributed by atoms with Gasteiger partial charge in [0.2, 0.25) is 11.8 Å². The topological polar surface area (TPSA) is 74.3 Å². The molecule has 2 amide bonds. The van der Waals surface area contributed by atoms with E-state index in [9.17, 15) is 9.59 Å². The number of hydrogen-bond acceptors (Lipinski definition) is 5. The van der Waals surface area contributed by atoms with Crippen LogP contribution in [0.2, 0.25) is 0 Å². The number of amides is 2. The van der Waals surface area contributed by atoms with E-state index in [0.29, 0.717) is 19.5 Å². The Morgan fingerprint density at radius 1 is 1.30 bits per heavy atom. The zero-order chi connectivity index (χ0) is 19.0. The normalized spacial score (nSPS) is 25.0. The van der Waals surface area contributed by atoms with Crippen molar-refractivity contribution < 1.29 is 9.59 Å². The minimum atomic E-state index is -0.403. The van der Waals surface area contributed by atoms with Crippen LogP contribution in [-0.2, 0) is 16.1 Å². The summed E-state index contributed by atoms with van der Waals surface area (Å²) in [5.74, 6) is 0.110. The van der Waals surface area contributed by atoms with Crippen molar-refractivity contribution >= 4 is 23.2 Å². The quantitative estimate of drug-likeness (QED) is 0.827. The molecule has 2 aliphatic heterocycles. The predicted octanol–water partition coefficient (Wildman–Crippen LogP) is 2.02. The zero-order valence-corrected chi connectivity index (χ0v) is 16.3. The van der Waals surface area contributed by atoms with Crippen molar-refractivity contribution in [1.82, 2.24) is 20.5 Å². The van der Waals surface area contributed by atoms with Gasteiger partial charge in [0.1, 0.15) is 17.1 Å². The molecule has 2 N–H and O–H groups in total. The molecule has 0 spiro atoms. The van der Waals surface area contributed by atoms with Crippen LogP contribution in [0.5, 0.6) is 0 Å². The van der Waals surface area contributed by atoms with Gasteiger partial charge in [-0.3, -0.25) is 9.59 Å². The van der Waals surface area contributed by atoms with Gasteiger partial charge in [-0.2, -0.15) is 0 Å². The molecule has 4 rings (SSSR count). The standard InChI is InChI=1S/C20H24N4O2S/c1-12(2)18-20(26)24-10-14(8-16(24)19(25)23-18)21-9-17-22-15(11-27-17)13-6-4-3-5-7-13/h3-7,11-12,14,16,18,21H,8-10H2,1-2H3,(H,23,25)/t14-,16-,18+/m0/s1. The van der Waals surface area contributed by atoms with Crippen LogP contribution in [0.4, 0.5) is 0 Å². The third kappa shape index (κ3) is 3.61. The Morgan fingerprint density at radius 2 is 2.07 bits per heavy atom. The molecule has 2 saturated heterocycles. The van der Waals surface area contributed by atoms with Gasteiger partial charge in [-0.1, -0.05) is 44.2 Å². The second-order valence-corrected chi connectivity index (χ2v) is 8.49. The van der Waals surface area contributed by atoms with Crippen molar-refractivity contribution in [2.75, 3.05) is 6.54 Å². The highest BCUT2D eigenvalue weighted by Crippen LogP contribution is 2.26. The largest absolute Gasteiger partial charge is 0.342 e. The highest BCUT2D eigenvalue weighted by molar-refractivity contribution is 7.09. The summed E-state index contributed by atoms with van der Waals surface area (Å²) in [5, 5.41) is 9.44. The maximum Gasteiger partial charge on any atom is 0.246 e. The van der Waals surface area contributed by atoms with Crippen molar-refractivity contribution in [2.45, 2.75) is 44.9 Å². The third-order valence-electron chi connectivity index (χ3n) is 5.28. The van der Waals surface area contributed by atoms with E-state index in [1.807, 2.05) is 32.0 Å². The average molecular weight is 385 g/mol. The molecule has 6 nitrogen and oxygen atoms in total. The van der Waals surface area contributed by atoms with Crippen molar-refractivity contribution in [2.24, 2.45) is 5.92 Å². The summed E-state index contributed by atoms with van der Waals surface area (Å²) >= 11 is 1.63. The van der Waals surface area contributed by atoms with Crippen LogP contribution in [0, 0.1) is 5.92 Å². The fraction of sp³-hybridized carbons (Fsp3) is 0.450. The summed E-state index contributed by atoms with van der Waals surface area (Å²) in [4.78, 5) is 31.5. The second kappa shape index (κ2) is 7.40. The van der Waals surface area contributed by atoms with E-state index in [0.717, 1.165) is 16.3 Å². The minimum Gasteiger partial charge on any atom is -0.342 e. The number of benzene rings is 1. The van der Waals surface area contributed by atoms with Gasteiger partial charge >= 0.3 is 0 Å². The predicted molar refractivity (Wildman–Crippen MR) is 105 cm³/mol. The summed E-state index contributed by atoms with van der Waals surface area (Å²) < 4.78 is 0. The number of hydrogen-bond donors (Lipinski definition) is 2. The van der Waals surface area contributed by atoms with Crippen LogP contribution in [0.25, 0.3) is 11.3 Å². The molecule has 0 unspecified atom stereocenters. The molecule has 142 valence electrons. The second-order valence-electron chi connectivity index (χ2n) is 7.54. The summed E-state index contributed by atoms with van der Waals surface area (Å²) in [7, 11) is 0. The number of aromatic nitrogens is 1. The fourth-order valence-corrected chi connectivity index (χ4v) is 4.54. The van der Waals surface area contributed by atoms with Crippen LogP contribution < -0.4 is 10.6 Å². The first-order chi connectivity index (χ1) is 13.0. The van der Waals surface area contributed by atoms with E-state index in [2.05, 4.69) is 28.1 Å². The van der Waals surface area contributed by atoms with Crippen molar-refractivity contribution in [3.8, 4) is 11.3 Å². The molecule has 3 heterocycles. The first kappa shape index (κ1) is 18.1. The minimum absolute atomic E-state index is 0.0294. The van der Waals surface area contributed by atoms with Crippen LogP contribution in [-0.4, -0.2) is 46.4 Å². The molecular weight excluding hydrogens is 360 g/mol. The van der Waals surface area contributed by atoms with Gasteiger partial charge in [-0.25, -0.2) is 4.98 Å². The SMILES string of the molecule is CC(C)[C@H]1NC(=O)[C@@H]2C[C@H](NCc3nc(-c4ccccc4)cs3)CN2C1=O. The van der Waals surface area contributed by atoms with Crippen LogP contribution in [0.1, 0.15) is 25.3 Å². The Bertz CT molecular complexity index is 836. The number of carbonyl (C=O) groups is 2. The van der Waals surface area contributed by atoms with Gasteiger partial charge in [0, 0.05) is 30.1 Å². The van der Waals surface area contributed by atoms with E-state index in [4.69, 9.17) is 4.98 Å². The smallest absolute Gasteiger partial charge is 0.246 e. The maximum atomic E-state index is 12.6. The number of nitrogens with zero attached hydrogens (tertiary/aromatic N) is 2. The lowest BCUT2D eigenvalue weighted by Crippen LogP contribution is -2.62. The van der Waals surface area contributed by atoms with Gasteiger partial charge in [-0.05, 0) is 12.3 Å². The Balaban J connectivity index is 1.37. The van der Waals surface area contributed by atoms with E-state index < -0.39 is 6.04 Å². The van der Waals surface area contributed by atoms with Gasteiger partial charge in [0.15, 0.2) is 0 Å². The van der Waals surface area contributed by atoms with E-state index in [-0.39, 0.29) is 29.8 Å². The van der Waals surface area contributed by atoms with Crippen LogP contribution >= 0.6 is 11.3 Å². The zero-order valence-electron chi connectivity index (χ0n) is 15.5. The van der Waals surface area contributed by atoms with Crippen LogP contribution in [0.15, 0.2) is 35.7 Å². The highest BCUT2D eigenvalue weighted by Gasteiger charge is 2.46. The molecular formula is C20H24N4O2S. The van der Waals surface area contributed by atoms with Gasteiger partial charge in [0.25, 0.3) is 0 Å². The van der Waals surface area contributed by atoms with Crippen molar-refractivity contribution in [1.29, 1.82) is 0 Å². The molecule has 3 atom stereocenters. The van der Waals surface area contributed by atoms with Crippen LogP contribution in [0.3, 0.4) is 0 Å². The number of fused-ring (bicyclic) bond motifs is 1. The molecule has 0 saturated carbocycles.